The predicted molar refractivity (Wildman–Crippen MR) is 114 cm³/mol. The third kappa shape index (κ3) is 8.49. The zero-order chi connectivity index (χ0) is 28.1. The molecule has 2 aromatic rings. The minimum atomic E-state index is -5.08. The quantitative estimate of drug-likeness (QED) is 0.544. The molecule has 37 heavy (non-hydrogen) atoms. The summed E-state index contributed by atoms with van der Waals surface area (Å²) in [6.45, 7) is 10.3. The van der Waals surface area contributed by atoms with Gasteiger partial charge in [0.1, 0.15) is 17.3 Å². The maximum Gasteiger partial charge on any atom is 0.490 e. The van der Waals surface area contributed by atoms with E-state index in [1.165, 1.54) is 18.4 Å². The lowest BCUT2D eigenvalue weighted by Gasteiger charge is -2.25. The smallest absolute Gasteiger partial charge is 0.475 e. The Morgan fingerprint density at radius 3 is 1.73 bits per heavy atom. The average Bonchev–Trinajstić information content (AvgIpc) is 3.53. The summed E-state index contributed by atoms with van der Waals surface area (Å²) in [6, 6.07) is 5.47. The largest absolute Gasteiger partial charge is 0.490 e. The number of hydrogen-bond donors (Lipinski definition) is 2. The van der Waals surface area contributed by atoms with Crippen molar-refractivity contribution in [3.8, 4) is 0 Å². The van der Waals surface area contributed by atoms with Gasteiger partial charge in [0, 0.05) is 37.3 Å². The van der Waals surface area contributed by atoms with Crippen LogP contribution in [-0.4, -0.2) is 74.6 Å². The number of aryl methyl sites for hydroxylation is 3. The van der Waals surface area contributed by atoms with E-state index in [0.717, 1.165) is 49.2 Å². The van der Waals surface area contributed by atoms with Gasteiger partial charge in [0.05, 0.1) is 12.2 Å². The fourth-order valence-electron chi connectivity index (χ4n) is 4.26. The molecule has 15 heteroatoms. The van der Waals surface area contributed by atoms with E-state index in [1.807, 2.05) is 20.8 Å². The number of carboxylic acid groups (broad SMARTS) is 2. The number of alkyl halides is 6. The first-order valence-corrected chi connectivity index (χ1v) is 11.1. The van der Waals surface area contributed by atoms with Crippen molar-refractivity contribution < 1.29 is 55.1 Å². The van der Waals surface area contributed by atoms with Gasteiger partial charge in [-0.2, -0.15) is 26.3 Å². The Kier molecular flexibility index (Phi) is 9.77. The summed E-state index contributed by atoms with van der Waals surface area (Å²) in [5.41, 5.74) is 2.30. The van der Waals surface area contributed by atoms with Crippen molar-refractivity contribution in [1.29, 1.82) is 0 Å². The fourth-order valence-corrected chi connectivity index (χ4v) is 4.26. The van der Waals surface area contributed by atoms with Crippen molar-refractivity contribution in [2.24, 2.45) is 0 Å². The van der Waals surface area contributed by atoms with Gasteiger partial charge in [0.25, 0.3) is 0 Å². The molecule has 4 rings (SSSR count). The molecule has 0 unspecified atom stereocenters. The molecule has 0 amide bonds. The van der Waals surface area contributed by atoms with Crippen LogP contribution in [0.25, 0.3) is 0 Å². The maximum absolute atomic E-state index is 10.6. The second-order valence-electron chi connectivity index (χ2n) is 8.57. The number of carboxylic acids is 2. The number of aliphatic carboxylic acids is 2. The van der Waals surface area contributed by atoms with Crippen LogP contribution in [0.2, 0.25) is 0 Å². The lowest BCUT2D eigenvalue weighted by molar-refractivity contribution is -0.193. The van der Waals surface area contributed by atoms with E-state index in [4.69, 9.17) is 28.7 Å². The van der Waals surface area contributed by atoms with E-state index in [1.54, 1.807) is 0 Å². The molecule has 0 radical (unpaired) electrons. The van der Waals surface area contributed by atoms with Gasteiger partial charge in [-0.1, -0.05) is 5.16 Å². The molecule has 4 heterocycles. The van der Waals surface area contributed by atoms with Crippen LogP contribution in [0.4, 0.5) is 26.3 Å². The minimum Gasteiger partial charge on any atom is -0.475 e. The van der Waals surface area contributed by atoms with Crippen LogP contribution in [-0.2, 0) is 22.7 Å². The van der Waals surface area contributed by atoms with Gasteiger partial charge >= 0.3 is 24.3 Å². The lowest BCUT2D eigenvalue weighted by atomic mass is 10.1. The second kappa shape index (κ2) is 12.0. The third-order valence-electron chi connectivity index (χ3n) is 5.99. The Morgan fingerprint density at radius 2 is 1.38 bits per heavy atom. The molecule has 2 saturated heterocycles. The van der Waals surface area contributed by atoms with E-state index in [-0.39, 0.29) is 0 Å². The highest BCUT2D eigenvalue weighted by Crippen LogP contribution is 2.34. The summed E-state index contributed by atoms with van der Waals surface area (Å²) in [7, 11) is 0. The normalized spacial score (nSPS) is 20.0. The topological polar surface area (TPSA) is 120 Å². The second-order valence-corrected chi connectivity index (χ2v) is 8.57. The Labute approximate surface area is 207 Å². The SMILES string of the molecule is Cc1ccc(CN2CC[C@@H]3[C@@H]2CCN3Cc2c(C)noc2C)o1.O=C(O)C(F)(F)F.O=C(O)C(F)(F)F. The summed E-state index contributed by atoms with van der Waals surface area (Å²) in [5.74, 6) is -2.46. The number of fused-ring (bicyclic) bond motifs is 1. The molecule has 0 saturated carbocycles. The Balaban J connectivity index is 0.000000286. The molecule has 9 nitrogen and oxygen atoms in total. The number of likely N-dealkylation sites (tertiary alicyclic amines) is 2. The molecule has 2 fully saturated rings. The van der Waals surface area contributed by atoms with Gasteiger partial charge in [0.15, 0.2) is 0 Å². The molecule has 2 N–H and O–H groups in total. The number of hydrogen-bond acceptors (Lipinski definition) is 7. The van der Waals surface area contributed by atoms with Gasteiger partial charge in [-0.15, -0.1) is 0 Å². The molecular weight excluding hydrogens is 516 g/mol. The summed E-state index contributed by atoms with van der Waals surface area (Å²) in [5, 5.41) is 18.3. The molecular formula is C22H27F6N3O6. The van der Waals surface area contributed by atoms with Crippen molar-refractivity contribution >= 4 is 11.9 Å². The van der Waals surface area contributed by atoms with Gasteiger partial charge in [-0.25, -0.2) is 9.59 Å². The number of aromatic nitrogens is 1. The van der Waals surface area contributed by atoms with Crippen molar-refractivity contribution in [3.63, 3.8) is 0 Å². The van der Waals surface area contributed by atoms with Crippen molar-refractivity contribution in [2.75, 3.05) is 13.1 Å². The first-order valence-electron chi connectivity index (χ1n) is 11.1. The number of halogens is 6. The van der Waals surface area contributed by atoms with Crippen LogP contribution in [0, 0.1) is 20.8 Å². The summed E-state index contributed by atoms with van der Waals surface area (Å²) < 4.78 is 74.6. The van der Waals surface area contributed by atoms with Crippen LogP contribution < -0.4 is 0 Å². The van der Waals surface area contributed by atoms with Gasteiger partial charge in [-0.3, -0.25) is 9.80 Å². The van der Waals surface area contributed by atoms with Crippen molar-refractivity contribution in [3.05, 3.63) is 40.7 Å². The molecule has 208 valence electrons. The van der Waals surface area contributed by atoms with Crippen LogP contribution in [0.5, 0.6) is 0 Å². The van der Waals surface area contributed by atoms with E-state index in [9.17, 15) is 26.3 Å². The van der Waals surface area contributed by atoms with Gasteiger partial charge in [0.2, 0.25) is 0 Å². The van der Waals surface area contributed by atoms with Crippen molar-refractivity contribution in [2.45, 2.75) is 71.1 Å². The third-order valence-corrected chi connectivity index (χ3v) is 5.99. The zero-order valence-corrected chi connectivity index (χ0v) is 20.2. The lowest BCUT2D eigenvalue weighted by Crippen LogP contribution is -2.36. The first kappa shape index (κ1) is 30.2. The molecule has 2 aromatic heterocycles. The van der Waals surface area contributed by atoms with Gasteiger partial charge in [-0.05, 0) is 45.7 Å². The predicted octanol–water partition coefficient (Wildman–Crippen LogP) is 4.31. The number of nitrogens with zero attached hydrogens (tertiary/aromatic N) is 3. The van der Waals surface area contributed by atoms with E-state index >= 15 is 0 Å². The van der Waals surface area contributed by atoms with E-state index in [0.29, 0.717) is 12.1 Å². The first-order chi connectivity index (χ1) is 17.0. The number of rotatable bonds is 4. The summed E-state index contributed by atoms with van der Waals surface area (Å²) >= 11 is 0. The maximum atomic E-state index is 10.6. The van der Waals surface area contributed by atoms with E-state index < -0.39 is 24.3 Å². The molecule has 0 spiro atoms. The highest BCUT2D eigenvalue weighted by molar-refractivity contribution is 5.73. The highest BCUT2D eigenvalue weighted by atomic mass is 19.4. The molecule has 2 aliphatic heterocycles. The average molecular weight is 543 g/mol. The standard InChI is InChI=1S/C18H25N3O2.2C2HF3O2/c1-12-4-5-15(22-12)10-20-8-6-18-17(20)7-9-21(18)11-16-13(2)19-23-14(16)3;2*3-2(4,5)1(6)7/h4-5,17-18H,6-11H2,1-3H3;2*(H,6,7)/t17-,18+;;/m0../s1. The van der Waals surface area contributed by atoms with Crippen LogP contribution in [0.15, 0.2) is 21.1 Å². The van der Waals surface area contributed by atoms with Crippen molar-refractivity contribution in [1.82, 2.24) is 15.0 Å². The monoisotopic (exact) mass is 543 g/mol. The Hall–Kier alpha value is -3.07. The van der Waals surface area contributed by atoms with Crippen LogP contribution >= 0.6 is 0 Å². The van der Waals surface area contributed by atoms with E-state index in [2.05, 4.69) is 27.1 Å². The molecule has 2 aliphatic rings. The summed E-state index contributed by atoms with van der Waals surface area (Å²) in [6.07, 6.45) is -7.68. The van der Waals surface area contributed by atoms with Gasteiger partial charge < -0.3 is 19.2 Å². The fraction of sp³-hybridized carbons (Fsp3) is 0.591. The molecule has 0 aliphatic carbocycles. The summed E-state index contributed by atoms with van der Waals surface area (Å²) in [4.78, 5) is 23.0. The molecule has 0 aromatic carbocycles. The van der Waals surface area contributed by atoms with Crippen LogP contribution in [0.3, 0.4) is 0 Å². The highest BCUT2D eigenvalue weighted by Gasteiger charge is 2.43. The Bertz CT molecular complexity index is 1020. The number of carbonyl (C=O) groups is 2. The van der Waals surface area contributed by atoms with Crippen LogP contribution in [0.1, 0.15) is 41.4 Å². The molecule has 2 atom stereocenters. The number of furan rings is 1. The Morgan fingerprint density at radius 1 is 0.919 bits per heavy atom. The molecule has 0 bridgehead atoms. The zero-order valence-electron chi connectivity index (χ0n) is 20.2. The minimum absolute atomic E-state index is 0.653.